The number of hydrogen-bond donors (Lipinski definition) is 0. The van der Waals surface area contributed by atoms with Crippen molar-refractivity contribution in [3.05, 3.63) is 71.8 Å². The molecule has 29 heavy (non-hydrogen) atoms. The molecule has 0 N–H and O–H groups in total. The zero-order chi connectivity index (χ0) is 21.1. The summed E-state index contributed by atoms with van der Waals surface area (Å²) < 4.78 is 64.8. The van der Waals surface area contributed by atoms with Crippen LogP contribution in [0.2, 0.25) is 0 Å². The van der Waals surface area contributed by atoms with Gasteiger partial charge in [-0.2, -0.15) is 17.5 Å². The third-order valence-electron chi connectivity index (χ3n) is 4.56. The highest BCUT2D eigenvalue weighted by Gasteiger charge is 2.31. The summed E-state index contributed by atoms with van der Waals surface area (Å²) in [7, 11) is -3.61. The van der Waals surface area contributed by atoms with Crippen molar-refractivity contribution in [1.29, 1.82) is 0 Å². The van der Waals surface area contributed by atoms with Crippen molar-refractivity contribution < 1.29 is 26.4 Å². The summed E-state index contributed by atoms with van der Waals surface area (Å²) in [5.41, 5.74) is -0.523. The van der Waals surface area contributed by atoms with Crippen molar-refractivity contribution >= 4 is 22.0 Å². The molecule has 1 saturated heterocycles. The number of rotatable bonds is 4. The minimum Gasteiger partial charge on any atom is -0.337 e. The molecule has 1 aliphatic rings. The van der Waals surface area contributed by atoms with Crippen LogP contribution in [-0.2, 0) is 21.0 Å². The van der Waals surface area contributed by atoms with Crippen LogP contribution in [0.5, 0.6) is 0 Å². The van der Waals surface area contributed by atoms with E-state index in [1.54, 1.807) is 18.2 Å². The zero-order valence-corrected chi connectivity index (χ0v) is 16.2. The number of piperazine rings is 1. The zero-order valence-electron chi connectivity index (χ0n) is 15.3. The van der Waals surface area contributed by atoms with E-state index in [9.17, 15) is 26.4 Å². The molecule has 1 fully saturated rings. The Morgan fingerprint density at radius 1 is 0.931 bits per heavy atom. The second-order valence-corrected chi connectivity index (χ2v) is 8.44. The summed E-state index contributed by atoms with van der Waals surface area (Å²) in [5, 5.41) is 0. The van der Waals surface area contributed by atoms with Crippen molar-refractivity contribution in [3.8, 4) is 0 Å². The lowest BCUT2D eigenvalue weighted by Crippen LogP contribution is -2.50. The van der Waals surface area contributed by atoms with E-state index in [4.69, 9.17) is 0 Å². The molecule has 0 saturated carbocycles. The lowest BCUT2D eigenvalue weighted by atomic mass is 10.1. The summed E-state index contributed by atoms with van der Waals surface area (Å²) >= 11 is 0. The molecule has 9 heteroatoms. The molecule has 2 aromatic carbocycles. The minimum absolute atomic E-state index is 0.153. The van der Waals surface area contributed by atoms with Crippen molar-refractivity contribution in [2.45, 2.75) is 11.1 Å². The van der Waals surface area contributed by atoms with Gasteiger partial charge in [-0.3, -0.25) is 4.79 Å². The Bertz CT molecular complexity index is 997. The van der Waals surface area contributed by atoms with Gasteiger partial charge in [-0.25, -0.2) is 8.42 Å². The molecular weight excluding hydrogens is 405 g/mol. The number of carbonyl (C=O) groups is 1. The number of nitrogens with zero attached hydrogens (tertiary/aromatic N) is 2. The van der Waals surface area contributed by atoms with Crippen LogP contribution in [0.4, 0.5) is 13.2 Å². The lowest BCUT2D eigenvalue weighted by molar-refractivity contribution is -0.137. The molecule has 0 aliphatic carbocycles. The molecular formula is C20H19F3N2O3S. The topological polar surface area (TPSA) is 57.7 Å². The van der Waals surface area contributed by atoms with Crippen LogP contribution in [0.1, 0.15) is 11.1 Å². The van der Waals surface area contributed by atoms with Gasteiger partial charge in [0.25, 0.3) is 0 Å². The Morgan fingerprint density at radius 2 is 1.59 bits per heavy atom. The van der Waals surface area contributed by atoms with Crippen molar-refractivity contribution in [3.63, 3.8) is 0 Å². The smallest absolute Gasteiger partial charge is 0.337 e. The van der Waals surface area contributed by atoms with Gasteiger partial charge in [-0.05, 0) is 35.9 Å². The summed E-state index contributed by atoms with van der Waals surface area (Å²) in [6.07, 6.45) is -1.92. The van der Waals surface area contributed by atoms with Gasteiger partial charge >= 0.3 is 6.18 Å². The largest absolute Gasteiger partial charge is 0.416 e. The van der Waals surface area contributed by atoms with Gasteiger partial charge in [0, 0.05) is 32.3 Å². The molecule has 154 valence electrons. The van der Waals surface area contributed by atoms with Gasteiger partial charge in [-0.1, -0.05) is 30.3 Å². The van der Waals surface area contributed by atoms with E-state index in [1.165, 1.54) is 45.6 Å². The predicted octanol–water partition coefficient (Wildman–Crippen LogP) is 3.25. The van der Waals surface area contributed by atoms with Crippen molar-refractivity contribution in [1.82, 2.24) is 9.21 Å². The molecule has 0 bridgehead atoms. The van der Waals surface area contributed by atoms with Gasteiger partial charge < -0.3 is 4.90 Å². The molecule has 0 spiro atoms. The molecule has 0 atom stereocenters. The SMILES string of the molecule is O=C(/C=C/c1cccc(C(F)(F)F)c1)N1CCN(S(=O)(=O)c2ccccc2)CC1. The normalized spacial score (nSPS) is 16.3. The number of carbonyl (C=O) groups excluding carboxylic acids is 1. The Labute approximate surface area is 167 Å². The third kappa shape index (κ3) is 5.04. The molecule has 3 rings (SSSR count). The van der Waals surface area contributed by atoms with Gasteiger partial charge in [-0.15, -0.1) is 0 Å². The third-order valence-corrected chi connectivity index (χ3v) is 6.48. The number of benzene rings is 2. The van der Waals surface area contributed by atoms with Crippen molar-refractivity contribution in [2.75, 3.05) is 26.2 Å². The standard InChI is InChI=1S/C20H19F3N2O3S/c21-20(22,23)17-6-4-5-16(15-17)9-10-19(26)24-11-13-25(14-12-24)29(27,28)18-7-2-1-3-8-18/h1-10,15H,11-14H2/b10-9+. The quantitative estimate of drug-likeness (QED) is 0.708. The highest BCUT2D eigenvalue weighted by atomic mass is 32.2. The molecule has 2 aromatic rings. The van der Waals surface area contributed by atoms with Gasteiger partial charge in [0.15, 0.2) is 0 Å². The second kappa shape index (κ2) is 8.38. The number of alkyl halides is 3. The van der Waals surface area contributed by atoms with E-state index in [-0.39, 0.29) is 42.5 Å². The average molecular weight is 424 g/mol. The molecule has 5 nitrogen and oxygen atoms in total. The van der Waals surface area contributed by atoms with Crippen LogP contribution >= 0.6 is 0 Å². The highest BCUT2D eigenvalue weighted by molar-refractivity contribution is 7.89. The van der Waals surface area contributed by atoms with Crippen molar-refractivity contribution in [2.24, 2.45) is 0 Å². The van der Waals surface area contributed by atoms with Crippen LogP contribution in [0, 0.1) is 0 Å². The summed E-state index contributed by atoms with van der Waals surface area (Å²) in [4.78, 5) is 14.0. The molecule has 1 heterocycles. The Morgan fingerprint density at radius 3 is 2.21 bits per heavy atom. The maximum atomic E-state index is 12.8. The van der Waals surface area contributed by atoms with Crippen LogP contribution in [0.3, 0.4) is 0 Å². The number of halogens is 3. The Hall–Kier alpha value is -2.65. The fourth-order valence-corrected chi connectivity index (χ4v) is 4.43. The first-order chi connectivity index (χ1) is 13.7. The summed E-state index contributed by atoms with van der Waals surface area (Å²) in [6, 6.07) is 12.7. The fourth-order valence-electron chi connectivity index (χ4n) is 2.98. The molecule has 0 radical (unpaired) electrons. The van der Waals surface area contributed by atoms with E-state index < -0.39 is 21.8 Å². The first-order valence-electron chi connectivity index (χ1n) is 8.87. The summed E-state index contributed by atoms with van der Waals surface area (Å²) in [6.45, 7) is 0.719. The highest BCUT2D eigenvalue weighted by Crippen LogP contribution is 2.29. The van der Waals surface area contributed by atoms with Crippen LogP contribution in [0.15, 0.2) is 65.6 Å². The van der Waals surface area contributed by atoms with E-state index in [0.29, 0.717) is 0 Å². The maximum absolute atomic E-state index is 12.8. The first-order valence-corrected chi connectivity index (χ1v) is 10.3. The summed E-state index contributed by atoms with van der Waals surface area (Å²) in [5.74, 6) is -0.376. The number of sulfonamides is 1. The number of hydrogen-bond acceptors (Lipinski definition) is 3. The van der Waals surface area contributed by atoms with E-state index >= 15 is 0 Å². The Balaban J connectivity index is 1.61. The van der Waals surface area contributed by atoms with E-state index in [2.05, 4.69) is 0 Å². The maximum Gasteiger partial charge on any atom is 0.416 e. The average Bonchev–Trinajstić information content (AvgIpc) is 2.72. The second-order valence-electron chi connectivity index (χ2n) is 6.50. The molecule has 1 aliphatic heterocycles. The first kappa shape index (κ1) is 21.1. The van der Waals surface area contributed by atoms with Gasteiger partial charge in [0.05, 0.1) is 10.5 Å². The molecule has 1 amide bonds. The molecule has 0 unspecified atom stereocenters. The minimum atomic E-state index is -4.45. The number of amides is 1. The van der Waals surface area contributed by atoms with Gasteiger partial charge in [0.1, 0.15) is 0 Å². The van der Waals surface area contributed by atoms with Gasteiger partial charge in [0.2, 0.25) is 15.9 Å². The monoisotopic (exact) mass is 424 g/mol. The Kier molecular flexibility index (Phi) is 6.09. The van der Waals surface area contributed by atoms with E-state index in [1.807, 2.05) is 0 Å². The van der Waals surface area contributed by atoms with Crippen LogP contribution in [-0.4, -0.2) is 49.7 Å². The van der Waals surface area contributed by atoms with E-state index in [0.717, 1.165) is 12.1 Å². The predicted molar refractivity (Wildman–Crippen MR) is 102 cm³/mol. The molecule has 0 aromatic heterocycles. The lowest BCUT2D eigenvalue weighted by Gasteiger charge is -2.33. The fraction of sp³-hybridized carbons (Fsp3) is 0.250. The van der Waals surface area contributed by atoms with Crippen LogP contribution < -0.4 is 0 Å². The van der Waals surface area contributed by atoms with Crippen LogP contribution in [0.25, 0.3) is 6.08 Å².